The minimum atomic E-state index is -2.51. The van der Waals surface area contributed by atoms with Crippen molar-refractivity contribution in [3.05, 3.63) is 23.2 Å². The van der Waals surface area contributed by atoms with Crippen molar-refractivity contribution in [2.45, 2.75) is 32.3 Å². The van der Waals surface area contributed by atoms with Gasteiger partial charge in [0.15, 0.2) is 0 Å². The van der Waals surface area contributed by atoms with E-state index in [2.05, 4.69) is 0 Å². The number of furan rings is 1. The van der Waals surface area contributed by atoms with Crippen molar-refractivity contribution in [3.63, 3.8) is 0 Å². The molecular formula is C12H14F2O4. The van der Waals surface area contributed by atoms with Gasteiger partial charge in [0.25, 0.3) is 0 Å². The maximum absolute atomic E-state index is 12.6. The fourth-order valence-electron chi connectivity index (χ4n) is 2.22. The molecule has 0 saturated carbocycles. The van der Waals surface area contributed by atoms with E-state index in [0.29, 0.717) is 5.56 Å². The summed E-state index contributed by atoms with van der Waals surface area (Å²) in [5.41, 5.74) is 0.428. The summed E-state index contributed by atoms with van der Waals surface area (Å²) in [4.78, 5) is 11.6. The molecule has 0 spiro atoms. The van der Waals surface area contributed by atoms with Crippen LogP contribution in [0.2, 0.25) is 0 Å². The molecule has 0 saturated heterocycles. The number of halogens is 2. The van der Waals surface area contributed by atoms with E-state index in [4.69, 9.17) is 9.15 Å². The van der Waals surface area contributed by atoms with Crippen molar-refractivity contribution in [1.82, 2.24) is 0 Å². The lowest BCUT2D eigenvalue weighted by molar-refractivity contribution is 0.0254. The molecule has 1 heterocycles. The first kappa shape index (κ1) is 13.0. The molecule has 4 nitrogen and oxygen atoms in total. The molecule has 100 valence electrons. The molecule has 0 unspecified atom stereocenters. The zero-order valence-corrected chi connectivity index (χ0v) is 9.86. The number of aliphatic hydroxyl groups is 1. The molecular weight excluding hydrogens is 246 g/mol. The minimum absolute atomic E-state index is 0.0312. The van der Waals surface area contributed by atoms with Gasteiger partial charge >= 0.3 is 5.97 Å². The van der Waals surface area contributed by atoms with E-state index < -0.39 is 24.4 Å². The number of carbonyl (C=O) groups excluding carboxylic acids is 1. The zero-order valence-electron chi connectivity index (χ0n) is 9.86. The fourth-order valence-corrected chi connectivity index (χ4v) is 2.22. The Bertz CT molecular complexity index is 441. The molecule has 1 aromatic rings. The average molecular weight is 260 g/mol. The third-order valence-electron chi connectivity index (χ3n) is 3.07. The molecule has 1 N–H and O–H groups in total. The van der Waals surface area contributed by atoms with E-state index in [9.17, 15) is 18.7 Å². The molecule has 0 aliphatic heterocycles. The summed E-state index contributed by atoms with van der Waals surface area (Å²) in [5, 5.41) is 9.87. The van der Waals surface area contributed by atoms with Crippen LogP contribution in [0.5, 0.6) is 0 Å². The van der Waals surface area contributed by atoms with Gasteiger partial charge in [-0.05, 0) is 13.3 Å². The number of hydrogen-bond donors (Lipinski definition) is 1. The SMILES string of the molecule is CCOC(=O)c1coc2c1[C@@H](O)C[C@H](C(F)F)C2. The van der Waals surface area contributed by atoms with E-state index >= 15 is 0 Å². The van der Waals surface area contributed by atoms with Crippen molar-refractivity contribution < 1.29 is 27.8 Å². The third-order valence-corrected chi connectivity index (χ3v) is 3.07. The van der Waals surface area contributed by atoms with Gasteiger partial charge in [0.2, 0.25) is 6.43 Å². The van der Waals surface area contributed by atoms with Crippen molar-refractivity contribution in [2.75, 3.05) is 6.61 Å². The number of aliphatic hydroxyl groups excluding tert-OH is 1. The quantitative estimate of drug-likeness (QED) is 0.847. The van der Waals surface area contributed by atoms with Crippen LogP contribution in [-0.2, 0) is 11.2 Å². The Morgan fingerprint density at radius 3 is 3.00 bits per heavy atom. The van der Waals surface area contributed by atoms with E-state index in [-0.39, 0.29) is 30.8 Å². The van der Waals surface area contributed by atoms with E-state index in [0.717, 1.165) is 0 Å². The Kier molecular flexibility index (Phi) is 3.65. The van der Waals surface area contributed by atoms with E-state index in [1.807, 2.05) is 0 Å². The van der Waals surface area contributed by atoms with Crippen LogP contribution < -0.4 is 0 Å². The van der Waals surface area contributed by atoms with Crippen LogP contribution in [0.3, 0.4) is 0 Å². The Labute approximate surface area is 103 Å². The van der Waals surface area contributed by atoms with Crippen molar-refractivity contribution in [1.29, 1.82) is 0 Å². The molecule has 6 heteroatoms. The Balaban J connectivity index is 2.28. The van der Waals surface area contributed by atoms with Gasteiger partial charge in [-0.15, -0.1) is 0 Å². The highest BCUT2D eigenvalue weighted by Gasteiger charge is 2.36. The number of rotatable bonds is 3. The van der Waals surface area contributed by atoms with Gasteiger partial charge in [0.1, 0.15) is 17.6 Å². The topological polar surface area (TPSA) is 59.7 Å². The standard InChI is InChI=1S/C12H14F2O4/c1-2-17-12(16)7-5-18-9-4-6(11(13)14)3-8(15)10(7)9/h5-6,8,11,15H,2-4H2,1H3/t6-,8-/m0/s1. The highest BCUT2D eigenvalue weighted by molar-refractivity contribution is 5.91. The molecule has 18 heavy (non-hydrogen) atoms. The van der Waals surface area contributed by atoms with Gasteiger partial charge in [-0.3, -0.25) is 0 Å². The predicted octanol–water partition coefficient (Wildman–Crippen LogP) is 2.32. The van der Waals surface area contributed by atoms with Crippen molar-refractivity contribution in [2.24, 2.45) is 5.92 Å². The molecule has 0 amide bonds. The summed E-state index contributed by atoms with van der Waals surface area (Å²) in [6, 6.07) is 0. The summed E-state index contributed by atoms with van der Waals surface area (Å²) in [6.45, 7) is 1.86. The average Bonchev–Trinajstić information content (AvgIpc) is 2.73. The van der Waals surface area contributed by atoms with Crippen LogP contribution in [0.15, 0.2) is 10.7 Å². The molecule has 0 aromatic carbocycles. The summed E-state index contributed by atoms with van der Waals surface area (Å²) in [6.07, 6.45) is -2.49. The number of hydrogen-bond acceptors (Lipinski definition) is 4. The third kappa shape index (κ3) is 2.25. The van der Waals surface area contributed by atoms with Gasteiger partial charge in [0, 0.05) is 17.9 Å². The van der Waals surface area contributed by atoms with Crippen LogP contribution in [-0.4, -0.2) is 24.1 Å². The number of fused-ring (bicyclic) bond motifs is 1. The highest BCUT2D eigenvalue weighted by atomic mass is 19.3. The molecule has 1 aliphatic rings. The van der Waals surface area contributed by atoms with Crippen LogP contribution >= 0.6 is 0 Å². The molecule has 2 rings (SSSR count). The second kappa shape index (κ2) is 5.06. The largest absolute Gasteiger partial charge is 0.468 e. The first-order chi connectivity index (χ1) is 8.54. The molecule has 0 bridgehead atoms. The number of alkyl halides is 2. The van der Waals surface area contributed by atoms with E-state index in [1.54, 1.807) is 6.92 Å². The summed E-state index contributed by atoms with van der Waals surface area (Å²) < 4.78 is 35.2. The van der Waals surface area contributed by atoms with Crippen LogP contribution in [0, 0.1) is 5.92 Å². The van der Waals surface area contributed by atoms with Crippen LogP contribution in [0.1, 0.15) is 41.1 Å². The molecule has 0 fully saturated rings. The minimum Gasteiger partial charge on any atom is -0.468 e. The number of ether oxygens (including phenoxy) is 1. The first-order valence-electron chi connectivity index (χ1n) is 5.78. The lowest BCUT2D eigenvalue weighted by Gasteiger charge is -2.25. The summed E-state index contributed by atoms with van der Waals surface area (Å²) >= 11 is 0. The zero-order chi connectivity index (χ0) is 13.3. The predicted molar refractivity (Wildman–Crippen MR) is 57.4 cm³/mol. The molecule has 0 radical (unpaired) electrons. The summed E-state index contributed by atoms with van der Waals surface area (Å²) in [7, 11) is 0. The lowest BCUT2D eigenvalue weighted by Crippen LogP contribution is -2.24. The van der Waals surface area contributed by atoms with Crippen LogP contribution in [0.25, 0.3) is 0 Å². The molecule has 1 aliphatic carbocycles. The summed E-state index contributed by atoms with van der Waals surface area (Å²) in [5.74, 6) is -1.28. The maximum Gasteiger partial charge on any atom is 0.341 e. The smallest absolute Gasteiger partial charge is 0.341 e. The number of esters is 1. The monoisotopic (exact) mass is 260 g/mol. The van der Waals surface area contributed by atoms with E-state index in [1.165, 1.54) is 6.26 Å². The Hall–Kier alpha value is -1.43. The van der Waals surface area contributed by atoms with Gasteiger partial charge in [0.05, 0.1) is 12.7 Å². The highest BCUT2D eigenvalue weighted by Crippen LogP contribution is 2.39. The van der Waals surface area contributed by atoms with Gasteiger partial charge in [-0.25, -0.2) is 13.6 Å². The molecule has 2 atom stereocenters. The normalized spacial score (nSPS) is 22.9. The van der Waals surface area contributed by atoms with Gasteiger partial charge in [-0.1, -0.05) is 0 Å². The first-order valence-corrected chi connectivity index (χ1v) is 5.78. The Morgan fingerprint density at radius 1 is 1.67 bits per heavy atom. The second-order valence-corrected chi connectivity index (χ2v) is 4.26. The van der Waals surface area contributed by atoms with Crippen molar-refractivity contribution >= 4 is 5.97 Å². The van der Waals surface area contributed by atoms with Gasteiger partial charge in [-0.2, -0.15) is 0 Å². The lowest BCUT2D eigenvalue weighted by atomic mass is 9.85. The van der Waals surface area contributed by atoms with Crippen molar-refractivity contribution in [3.8, 4) is 0 Å². The Morgan fingerprint density at radius 2 is 2.39 bits per heavy atom. The molecule has 1 aromatic heterocycles. The van der Waals surface area contributed by atoms with Crippen LogP contribution in [0.4, 0.5) is 8.78 Å². The fraction of sp³-hybridized carbons (Fsp3) is 0.583. The van der Waals surface area contributed by atoms with Gasteiger partial charge < -0.3 is 14.3 Å². The number of carbonyl (C=O) groups is 1. The maximum atomic E-state index is 12.6. The second-order valence-electron chi connectivity index (χ2n) is 4.26.